The third-order valence-corrected chi connectivity index (χ3v) is 2.83. The average Bonchev–Trinajstić information content (AvgIpc) is 2.42. The number of hydrogen-bond acceptors (Lipinski definition) is 3. The van der Waals surface area contributed by atoms with Crippen molar-refractivity contribution < 1.29 is 14.6 Å². The highest BCUT2D eigenvalue weighted by atomic mass is 16.6. The second-order valence-corrected chi connectivity index (χ2v) is 4.51. The summed E-state index contributed by atoms with van der Waals surface area (Å²) in [5.74, 6) is -0.383. The zero-order chi connectivity index (χ0) is 14.1. The number of rotatable bonds is 7. The maximum absolute atomic E-state index is 11.9. The first kappa shape index (κ1) is 15.4. The molecule has 0 fully saturated rings. The zero-order valence-electron chi connectivity index (χ0n) is 11.6. The van der Waals surface area contributed by atoms with Crippen molar-refractivity contribution >= 4 is 5.97 Å². The molecule has 0 heterocycles. The fraction of sp³-hybridized carbons (Fsp3) is 0.438. The van der Waals surface area contributed by atoms with Crippen LogP contribution < -0.4 is 0 Å². The van der Waals surface area contributed by atoms with E-state index in [2.05, 4.69) is 13.0 Å². The van der Waals surface area contributed by atoms with Crippen LogP contribution in [0.5, 0.6) is 0 Å². The van der Waals surface area contributed by atoms with Gasteiger partial charge in [-0.3, -0.25) is 0 Å². The number of carbonyl (C=O) groups excluding carboxylic acids is 1. The van der Waals surface area contributed by atoms with Gasteiger partial charge in [0.25, 0.3) is 0 Å². The third-order valence-electron chi connectivity index (χ3n) is 2.83. The van der Waals surface area contributed by atoms with Crippen molar-refractivity contribution in [2.75, 3.05) is 0 Å². The molecule has 104 valence electrons. The Hall–Kier alpha value is -1.61. The van der Waals surface area contributed by atoms with Crippen LogP contribution in [0.1, 0.15) is 43.5 Å². The van der Waals surface area contributed by atoms with Crippen LogP contribution in [0.2, 0.25) is 0 Å². The van der Waals surface area contributed by atoms with Crippen LogP contribution in [-0.2, 0) is 4.74 Å². The van der Waals surface area contributed by atoms with Crippen LogP contribution in [0.15, 0.2) is 42.5 Å². The van der Waals surface area contributed by atoms with Crippen molar-refractivity contribution in [2.24, 2.45) is 0 Å². The second-order valence-electron chi connectivity index (χ2n) is 4.51. The number of hydrogen-bond donors (Lipinski definition) is 1. The van der Waals surface area contributed by atoms with E-state index in [0.717, 1.165) is 12.8 Å². The second kappa shape index (κ2) is 8.48. The van der Waals surface area contributed by atoms with Gasteiger partial charge in [0.05, 0.1) is 11.7 Å². The van der Waals surface area contributed by atoms with Gasteiger partial charge in [0.2, 0.25) is 0 Å². The van der Waals surface area contributed by atoms with Gasteiger partial charge in [-0.05, 0) is 38.3 Å². The normalized spacial score (nSPS) is 14.3. The summed E-state index contributed by atoms with van der Waals surface area (Å²) < 4.78 is 5.36. The topological polar surface area (TPSA) is 46.5 Å². The Morgan fingerprint density at radius 3 is 2.58 bits per heavy atom. The van der Waals surface area contributed by atoms with Crippen LogP contribution >= 0.6 is 0 Å². The first-order valence-electron chi connectivity index (χ1n) is 6.74. The van der Waals surface area contributed by atoms with Crippen LogP contribution in [0.25, 0.3) is 0 Å². The van der Waals surface area contributed by atoms with E-state index in [1.807, 2.05) is 12.1 Å². The number of allylic oxidation sites excluding steroid dienone is 2. The molecule has 1 aromatic carbocycles. The Bertz CT molecular complexity index is 396. The first-order valence-corrected chi connectivity index (χ1v) is 6.74. The molecule has 0 radical (unpaired) electrons. The summed E-state index contributed by atoms with van der Waals surface area (Å²) in [6, 6.07) is 8.84. The number of aliphatic hydroxyl groups is 1. The molecule has 0 unspecified atom stereocenters. The fourth-order valence-corrected chi connectivity index (χ4v) is 1.72. The summed E-state index contributed by atoms with van der Waals surface area (Å²) in [7, 11) is 0. The lowest BCUT2D eigenvalue weighted by Crippen LogP contribution is -2.29. The van der Waals surface area contributed by atoms with E-state index in [-0.39, 0.29) is 5.97 Å². The van der Waals surface area contributed by atoms with Crippen molar-refractivity contribution in [3.8, 4) is 0 Å². The Morgan fingerprint density at radius 1 is 1.32 bits per heavy atom. The average molecular weight is 262 g/mol. The highest BCUT2D eigenvalue weighted by Gasteiger charge is 2.19. The van der Waals surface area contributed by atoms with Crippen LogP contribution in [0.3, 0.4) is 0 Å². The molecule has 0 saturated carbocycles. The monoisotopic (exact) mass is 262 g/mol. The van der Waals surface area contributed by atoms with E-state index in [1.165, 1.54) is 0 Å². The lowest BCUT2D eigenvalue weighted by molar-refractivity contribution is -0.0149. The number of aliphatic hydroxyl groups excluding tert-OH is 1. The zero-order valence-corrected chi connectivity index (χ0v) is 11.6. The largest absolute Gasteiger partial charge is 0.456 e. The maximum Gasteiger partial charge on any atom is 0.338 e. The molecule has 0 bridgehead atoms. The minimum Gasteiger partial charge on any atom is -0.456 e. The van der Waals surface area contributed by atoms with Gasteiger partial charge in [0.15, 0.2) is 0 Å². The molecular formula is C16H22O3. The van der Waals surface area contributed by atoms with Crippen molar-refractivity contribution in [3.05, 3.63) is 48.0 Å². The van der Waals surface area contributed by atoms with Gasteiger partial charge in [-0.15, -0.1) is 0 Å². The Morgan fingerprint density at radius 2 is 2.00 bits per heavy atom. The SMILES string of the molecule is CC/C=C\CC[C@@H](OC(=O)c1ccccc1)[C@H](C)O. The molecular weight excluding hydrogens is 240 g/mol. The fourth-order valence-electron chi connectivity index (χ4n) is 1.72. The molecule has 3 heteroatoms. The molecule has 3 nitrogen and oxygen atoms in total. The van der Waals surface area contributed by atoms with E-state index in [9.17, 15) is 9.90 Å². The van der Waals surface area contributed by atoms with Gasteiger partial charge in [-0.25, -0.2) is 4.79 Å². The maximum atomic E-state index is 11.9. The predicted molar refractivity (Wildman–Crippen MR) is 76.0 cm³/mol. The summed E-state index contributed by atoms with van der Waals surface area (Å²) >= 11 is 0. The molecule has 0 spiro atoms. The van der Waals surface area contributed by atoms with E-state index in [0.29, 0.717) is 12.0 Å². The van der Waals surface area contributed by atoms with Gasteiger partial charge in [-0.2, -0.15) is 0 Å². The number of esters is 1. The van der Waals surface area contributed by atoms with E-state index in [4.69, 9.17) is 4.74 Å². The van der Waals surface area contributed by atoms with Gasteiger partial charge in [0.1, 0.15) is 6.10 Å². The molecule has 0 aliphatic carbocycles. The van der Waals surface area contributed by atoms with Crippen molar-refractivity contribution in [3.63, 3.8) is 0 Å². The summed E-state index contributed by atoms with van der Waals surface area (Å²) in [4.78, 5) is 11.9. The number of benzene rings is 1. The predicted octanol–water partition coefficient (Wildman–Crippen LogP) is 3.34. The minimum atomic E-state index is -0.664. The third kappa shape index (κ3) is 5.71. The smallest absolute Gasteiger partial charge is 0.338 e. The van der Waals surface area contributed by atoms with Gasteiger partial charge in [-0.1, -0.05) is 37.3 Å². The van der Waals surface area contributed by atoms with Gasteiger partial charge in [0, 0.05) is 0 Å². The molecule has 1 N–H and O–H groups in total. The highest BCUT2D eigenvalue weighted by molar-refractivity contribution is 5.89. The van der Waals surface area contributed by atoms with Crippen molar-refractivity contribution in [2.45, 2.75) is 45.3 Å². The van der Waals surface area contributed by atoms with Gasteiger partial charge >= 0.3 is 5.97 Å². The quantitative estimate of drug-likeness (QED) is 0.605. The van der Waals surface area contributed by atoms with Crippen LogP contribution in [0.4, 0.5) is 0 Å². The van der Waals surface area contributed by atoms with E-state index >= 15 is 0 Å². The molecule has 0 aliphatic heterocycles. The molecule has 1 aromatic rings. The summed E-state index contributed by atoms with van der Waals surface area (Å²) in [5, 5.41) is 9.66. The molecule has 2 atom stereocenters. The first-order chi connectivity index (χ1) is 9.15. The highest BCUT2D eigenvalue weighted by Crippen LogP contribution is 2.12. The molecule has 0 aromatic heterocycles. The van der Waals surface area contributed by atoms with Crippen molar-refractivity contribution in [1.29, 1.82) is 0 Å². The molecule has 0 saturated heterocycles. The molecule has 19 heavy (non-hydrogen) atoms. The summed E-state index contributed by atoms with van der Waals surface area (Å²) in [6.07, 6.45) is 5.41. The molecule has 0 amide bonds. The molecule has 0 aliphatic rings. The summed E-state index contributed by atoms with van der Waals surface area (Å²) in [6.45, 7) is 3.71. The Labute approximate surface area is 114 Å². The standard InChI is InChI=1S/C16H22O3/c1-3-4-5-9-12-15(13(2)17)19-16(18)14-10-7-6-8-11-14/h4-8,10-11,13,15,17H,3,9,12H2,1-2H3/b5-4-/t13-,15+/m0/s1. The van der Waals surface area contributed by atoms with Crippen LogP contribution in [-0.4, -0.2) is 23.3 Å². The Kier molecular flexibility index (Phi) is 6.90. The molecule has 1 rings (SSSR count). The van der Waals surface area contributed by atoms with Crippen molar-refractivity contribution in [1.82, 2.24) is 0 Å². The van der Waals surface area contributed by atoms with Gasteiger partial charge < -0.3 is 9.84 Å². The van der Waals surface area contributed by atoms with E-state index in [1.54, 1.807) is 31.2 Å². The minimum absolute atomic E-state index is 0.383. The number of ether oxygens (including phenoxy) is 1. The van der Waals surface area contributed by atoms with Crippen LogP contribution in [0, 0.1) is 0 Å². The Balaban J connectivity index is 2.54. The lowest BCUT2D eigenvalue weighted by atomic mass is 10.1. The van der Waals surface area contributed by atoms with E-state index < -0.39 is 12.2 Å². The lowest BCUT2D eigenvalue weighted by Gasteiger charge is -2.20. The number of carbonyl (C=O) groups is 1. The summed E-state index contributed by atoms with van der Waals surface area (Å²) in [5.41, 5.74) is 0.511.